The lowest BCUT2D eigenvalue weighted by Gasteiger charge is -2.26. The van der Waals surface area contributed by atoms with Crippen LogP contribution in [0, 0.1) is 0 Å². The van der Waals surface area contributed by atoms with Crippen molar-refractivity contribution in [3.63, 3.8) is 0 Å². The summed E-state index contributed by atoms with van der Waals surface area (Å²) in [5, 5.41) is 8.28. The summed E-state index contributed by atoms with van der Waals surface area (Å²) in [5.41, 5.74) is 2.61. The summed E-state index contributed by atoms with van der Waals surface area (Å²) in [6, 6.07) is 6.52. The summed E-state index contributed by atoms with van der Waals surface area (Å²) < 4.78 is 22.9. The van der Waals surface area contributed by atoms with Crippen molar-refractivity contribution in [3.05, 3.63) is 33.8 Å². The first-order valence-electron chi connectivity index (χ1n) is 5.98. The van der Waals surface area contributed by atoms with Crippen LogP contribution in [-0.4, -0.2) is 20.7 Å². The number of rotatable bonds is 4. The fourth-order valence-electron chi connectivity index (χ4n) is 2.36. The van der Waals surface area contributed by atoms with E-state index in [0.29, 0.717) is 6.54 Å². The lowest BCUT2D eigenvalue weighted by molar-refractivity contribution is 0.470. The summed E-state index contributed by atoms with van der Waals surface area (Å²) in [6.07, 6.45) is 3.26. The van der Waals surface area contributed by atoms with Gasteiger partial charge >= 0.3 is 0 Å². The zero-order chi connectivity index (χ0) is 13.2. The van der Waals surface area contributed by atoms with Crippen LogP contribution in [0.3, 0.4) is 0 Å². The van der Waals surface area contributed by atoms with Gasteiger partial charge in [-0.15, -0.1) is 0 Å². The number of hydrogen-bond donors (Lipinski definition) is 2. The molecule has 0 aromatic heterocycles. The summed E-state index contributed by atoms with van der Waals surface area (Å²) in [6.45, 7) is 0.398. The number of hydrogen-bond acceptors (Lipinski definition) is 3. The number of nitrogens with one attached hydrogen (secondary N) is 1. The Labute approximate surface area is 116 Å². The molecular formula is C12H17BrN2O2S. The van der Waals surface area contributed by atoms with Crippen LogP contribution in [-0.2, 0) is 16.4 Å². The van der Waals surface area contributed by atoms with Gasteiger partial charge in [-0.3, -0.25) is 0 Å². The second kappa shape index (κ2) is 5.69. The third kappa shape index (κ3) is 3.78. The highest BCUT2D eigenvalue weighted by molar-refractivity contribution is 9.10. The van der Waals surface area contributed by atoms with Gasteiger partial charge in [0.15, 0.2) is 0 Å². The number of benzene rings is 1. The van der Waals surface area contributed by atoms with Crippen molar-refractivity contribution in [2.24, 2.45) is 5.14 Å². The molecule has 0 saturated heterocycles. The molecule has 0 aliphatic heterocycles. The largest absolute Gasteiger partial charge is 0.309 e. The van der Waals surface area contributed by atoms with Gasteiger partial charge in [0.2, 0.25) is 10.0 Å². The van der Waals surface area contributed by atoms with E-state index >= 15 is 0 Å². The first-order chi connectivity index (χ1) is 8.46. The Hall–Kier alpha value is -0.430. The highest BCUT2D eigenvalue weighted by atomic mass is 79.9. The van der Waals surface area contributed by atoms with Crippen LogP contribution in [0.5, 0.6) is 0 Å². The second-order valence-electron chi connectivity index (χ2n) is 4.61. The Bertz CT molecular complexity index is 531. The molecule has 0 amide bonds. The molecule has 1 aliphatic carbocycles. The van der Waals surface area contributed by atoms with E-state index in [1.54, 1.807) is 0 Å². The normalized spacial score (nSPS) is 19.6. The molecule has 4 nitrogen and oxygen atoms in total. The van der Waals surface area contributed by atoms with Gasteiger partial charge in [-0.05, 0) is 42.5 Å². The van der Waals surface area contributed by atoms with Crippen LogP contribution in [0.4, 0.5) is 0 Å². The minimum atomic E-state index is -3.38. The number of sulfonamides is 1. The van der Waals surface area contributed by atoms with E-state index in [4.69, 9.17) is 5.14 Å². The molecule has 0 radical (unpaired) electrons. The van der Waals surface area contributed by atoms with Crippen molar-refractivity contribution in [2.75, 3.05) is 12.3 Å². The van der Waals surface area contributed by atoms with Gasteiger partial charge in [0.05, 0.1) is 5.75 Å². The number of nitrogens with two attached hydrogens (primary N) is 1. The maximum absolute atomic E-state index is 10.9. The second-order valence-corrected chi connectivity index (χ2v) is 7.26. The predicted molar refractivity (Wildman–Crippen MR) is 75.8 cm³/mol. The molecule has 100 valence electrons. The molecule has 0 fully saturated rings. The van der Waals surface area contributed by atoms with Crippen molar-refractivity contribution >= 4 is 26.0 Å². The standard InChI is InChI=1S/C12H17BrN2O2S/c13-10-5-4-9-2-1-3-12(11(9)8-10)15-6-7-18(14,16)17/h4-5,8,12,15H,1-3,6-7H2,(H2,14,16,17). The third-order valence-electron chi connectivity index (χ3n) is 3.20. The van der Waals surface area contributed by atoms with Crippen LogP contribution in [0.1, 0.15) is 30.0 Å². The highest BCUT2D eigenvalue weighted by Crippen LogP contribution is 2.31. The Kier molecular flexibility index (Phi) is 4.42. The summed E-state index contributed by atoms with van der Waals surface area (Å²) >= 11 is 3.47. The molecule has 1 aliphatic rings. The zero-order valence-electron chi connectivity index (χ0n) is 10.0. The maximum atomic E-state index is 10.9. The van der Waals surface area contributed by atoms with Gasteiger partial charge in [-0.2, -0.15) is 0 Å². The number of primary sulfonamides is 1. The maximum Gasteiger partial charge on any atom is 0.210 e. The van der Waals surface area contributed by atoms with Crippen LogP contribution >= 0.6 is 15.9 Å². The quantitative estimate of drug-likeness (QED) is 0.881. The van der Waals surface area contributed by atoms with Crippen LogP contribution in [0.25, 0.3) is 0 Å². The molecular weight excluding hydrogens is 316 g/mol. The average Bonchev–Trinajstić information content (AvgIpc) is 2.28. The Morgan fingerprint density at radius 2 is 2.22 bits per heavy atom. The van der Waals surface area contributed by atoms with Crippen molar-refractivity contribution < 1.29 is 8.42 Å². The molecule has 0 bridgehead atoms. The molecule has 6 heteroatoms. The van der Waals surface area contributed by atoms with E-state index in [9.17, 15) is 8.42 Å². The monoisotopic (exact) mass is 332 g/mol. The summed E-state index contributed by atoms with van der Waals surface area (Å²) in [4.78, 5) is 0. The minimum Gasteiger partial charge on any atom is -0.309 e. The van der Waals surface area contributed by atoms with Crippen LogP contribution in [0.15, 0.2) is 22.7 Å². The van der Waals surface area contributed by atoms with E-state index in [0.717, 1.165) is 23.7 Å². The average molecular weight is 333 g/mol. The molecule has 0 saturated carbocycles. The van der Waals surface area contributed by atoms with Crippen molar-refractivity contribution in [2.45, 2.75) is 25.3 Å². The number of halogens is 1. The molecule has 0 heterocycles. The van der Waals surface area contributed by atoms with Gasteiger partial charge in [0.1, 0.15) is 0 Å². The van der Waals surface area contributed by atoms with Crippen molar-refractivity contribution in [3.8, 4) is 0 Å². The summed E-state index contributed by atoms with van der Waals surface area (Å²) in [5.74, 6) is -0.0210. The lowest BCUT2D eigenvalue weighted by atomic mass is 9.88. The molecule has 2 rings (SSSR count). The fraction of sp³-hybridized carbons (Fsp3) is 0.500. The number of aryl methyl sites for hydroxylation is 1. The fourth-order valence-corrected chi connectivity index (χ4v) is 3.14. The van der Waals surface area contributed by atoms with Gasteiger partial charge in [-0.25, -0.2) is 13.6 Å². The molecule has 1 atom stereocenters. The molecule has 1 aromatic carbocycles. The van der Waals surface area contributed by atoms with Gasteiger partial charge < -0.3 is 5.32 Å². The lowest BCUT2D eigenvalue weighted by Crippen LogP contribution is -2.31. The van der Waals surface area contributed by atoms with Gasteiger partial charge in [0.25, 0.3) is 0 Å². The van der Waals surface area contributed by atoms with Gasteiger partial charge in [0, 0.05) is 17.1 Å². The highest BCUT2D eigenvalue weighted by Gasteiger charge is 2.20. The minimum absolute atomic E-state index is 0.0210. The predicted octanol–water partition coefficient (Wildman–Crippen LogP) is 1.70. The van der Waals surface area contributed by atoms with Gasteiger partial charge in [-0.1, -0.05) is 22.0 Å². The van der Waals surface area contributed by atoms with Crippen LogP contribution in [0.2, 0.25) is 0 Å². The van der Waals surface area contributed by atoms with E-state index < -0.39 is 10.0 Å². The molecule has 1 aromatic rings. The summed E-state index contributed by atoms with van der Waals surface area (Å²) in [7, 11) is -3.38. The zero-order valence-corrected chi connectivity index (χ0v) is 12.4. The van der Waals surface area contributed by atoms with Crippen molar-refractivity contribution in [1.82, 2.24) is 5.32 Å². The van der Waals surface area contributed by atoms with E-state index in [-0.39, 0.29) is 11.8 Å². The van der Waals surface area contributed by atoms with Crippen molar-refractivity contribution in [1.29, 1.82) is 0 Å². The first kappa shape index (κ1) is 14.0. The third-order valence-corrected chi connectivity index (χ3v) is 4.47. The topological polar surface area (TPSA) is 72.2 Å². The van der Waals surface area contributed by atoms with E-state index in [2.05, 4.69) is 33.4 Å². The smallest absolute Gasteiger partial charge is 0.210 e. The molecule has 3 N–H and O–H groups in total. The first-order valence-corrected chi connectivity index (χ1v) is 8.49. The number of fused-ring (bicyclic) bond motifs is 1. The van der Waals surface area contributed by atoms with E-state index in [1.165, 1.54) is 11.1 Å². The molecule has 0 spiro atoms. The Balaban J connectivity index is 2.05. The Morgan fingerprint density at radius 1 is 1.44 bits per heavy atom. The van der Waals surface area contributed by atoms with Crippen LogP contribution < -0.4 is 10.5 Å². The molecule has 18 heavy (non-hydrogen) atoms. The van der Waals surface area contributed by atoms with E-state index in [1.807, 2.05) is 6.07 Å². The Morgan fingerprint density at radius 3 is 2.94 bits per heavy atom. The molecule has 1 unspecified atom stereocenters. The SMILES string of the molecule is NS(=O)(=O)CCNC1CCCc2ccc(Br)cc21.